The summed E-state index contributed by atoms with van der Waals surface area (Å²) in [4.78, 5) is 34.1. The number of rotatable bonds is 3. The molecule has 1 fully saturated rings. The highest BCUT2D eigenvalue weighted by Crippen LogP contribution is 2.17. The average Bonchev–Trinajstić information content (AvgIpc) is 2.42. The Morgan fingerprint density at radius 1 is 0.900 bits per heavy atom. The number of amides is 4. The van der Waals surface area contributed by atoms with E-state index in [1.165, 1.54) is 6.08 Å². The van der Waals surface area contributed by atoms with Gasteiger partial charge in [-0.3, -0.25) is 20.2 Å². The minimum absolute atomic E-state index is 0.119. The number of urea groups is 1. The molecule has 1 aromatic carbocycles. The van der Waals surface area contributed by atoms with Crippen molar-refractivity contribution >= 4 is 36.1 Å². The minimum Gasteiger partial charge on any atom is -0.273 e. The first-order valence-corrected chi connectivity index (χ1v) is 5.82. The van der Waals surface area contributed by atoms with Crippen LogP contribution in [0.5, 0.6) is 0 Å². The summed E-state index contributed by atoms with van der Waals surface area (Å²) >= 11 is 0. The molecule has 1 heterocycles. The molecular formula is C15H12N2O3. The van der Waals surface area contributed by atoms with Crippen LogP contribution in [0.1, 0.15) is 16.7 Å². The number of carbonyl (C=O) groups is 3. The van der Waals surface area contributed by atoms with Gasteiger partial charge in [-0.2, -0.15) is 0 Å². The lowest BCUT2D eigenvalue weighted by atomic mass is 10.0. The Balaban J connectivity index is 2.42. The predicted octanol–water partition coefficient (Wildman–Crippen LogP) is 1.72. The molecule has 0 saturated carbocycles. The number of barbiturate groups is 1. The number of benzene rings is 1. The lowest BCUT2D eigenvalue weighted by molar-refractivity contribution is -0.123. The highest BCUT2D eigenvalue weighted by atomic mass is 16.2. The van der Waals surface area contributed by atoms with E-state index in [4.69, 9.17) is 0 Å². The zero-order chi connectivity index (χ0) is 14.7. The van der Waals surface area contributed by atoms with E-state index in [2.05, 4.69) is 13.2 Å². The van der Waals surface area contributed by atoms with Crippen LogP contribution >= 0.6 is 0 Å². The molecule has 0 aromatic heterocycles. The zero-order valence-corrected chi connectivity index (χ0v) is 10.6. The largest absolute Gasteiger partial charge is 0.328 e. The molecule has 1 aliphatic heterocycles. The lowest BCUT2D eigenvalue weighted by Gasteiger charge is -2.14. The Labute approximate surface area is 115 Å². The first kappa shape index (κ1) is 13.5. The molecule has 0 unspecified atom stereocenters. The Morgan fingerprint density at radius 3 is 2.05 bits per heavy atom. The summed E-state index contributed by atoms with van der Waals surface area (Å²) in [6, 6.07) is 4.51. The van der Waals surface area contributed by atoms with Crippen molar-refractivity contribution in [3.8, 4) is 0 Å². The van der Waals surface area contributed by atoms with E-state index >= 15 is 0 Å². The molecule has 1 aliphatic rings. The Kier molecular flexibility index (Phi) is 3.61. The molecule has 0 radical (unpaired) electrons. The smallest absolute Gasteiger partial charge is 0.273 e. The van der Waals surface area contributed by atoms with Crippen molar-refractivity contribution < 1.29 is 14.4 Å². The van der Waals surface area contributed by atoms with Crippen LogP contribution in [0.25, 0.3) is 18.2 Å². The average molecular weight is 268 g/mol. The molecule has 20 heavy (non-hydrogen) atoms. The van der Waals surface area contributed by atoms with Crippen molar-refractivity contribution in [3.05, 3.63) is 53.6 Å². The summed E-state index contributed by atoms with van der Waals surface area (Å²) in [5.74, 6) is -1.43. The van der Waals surface area contributed by atoms with Gasteiger partial charge in [0, 0.05) is 0 Å². The van der Waals surface area contributed by atoms with E-state index in [0.717, 1.165) is 11.1 Å². The summed E-state index contributed by atoms with van der Waals surface area (Å²) in [5.41, 5.74) is 2.27. The van der Waals surface area contributed by atoms with Crippen molar-refractivity contribution in [1.29, 1.82) is 0 Å². The fourth-order valence-corrected chi connectivity index (χ4v) is 1.82. The van der Waals surface area contributed by atoms with Crippen molar-refractivity contribution in [2.24, 2.45) is 0 Å². The van der Waals surface area contributed by atoms with Crippen molar-refractivity contribution in [1.82, 2.24) is 10.6 Å². The maximum atomic E-state index is 11.6. The zero-order valence-electron chi connectivity index (χ0n) is 10.6. The van der Waals surface area contributed by atoms with Crippen molar-refractivity contribution in [2.45, 2.75) is 0 Å². The molecule has 1 saturated heterocycles. The maximum Gasteiger partial charge on any atom is 0.328 e. The van der Waals surface area contributed by atoms with Gasteiger partial charge >= 0.3 is 6.03 Å². The third-order valence-electron chi connectivity index (χ3n) is 2.81. The van der Waals surface area contributed by atoms with Crippen LogP contribution in [0.2, 0.25) is 0 Å². The summed E-state index contributed by atoms with van der Waals surface area (Å²) in [5, 5.41) is 4.03. The summed E-state index contributed by atoms with van der Waals surface area (Å²) in [6.07, 6.45) is 4.76. The number of imide groups is 2. The monoisotopic (exact) mass is 268 g/mol. The fourth-order valence-electron chi connectivity index (χ4n) is 1.82. The van der Waals surface area contributed by atoms with E-state index in [0.29, 0.717) is 5.56 Å². The molecule has 0 spiro atoms. The molecule has 100 valence electrons. The van der Waals surface area contributed by atoms with Crippen LogP contribution < -0.4 is 10.6 Å². The van der Waals surface area contributed by atoms with Crippen molar-refractivity contribution in [3.63, 3.8) is 0 Å². The van der Waals surface area contributed by atoms with Gasteiger partial charge in [0.15, 0.2) is 0 Å². The Bertz CT molecular complexity index is 650. The quantitative estimate of drug-likeness (QED) is 0.647. The van der Waals surface area contributed by atoms with Crippen LogP contribution in [0.15, 0.2) is 36.9 Å². The molecule has 1 aromatic rings. The van der Waals surface area contributed by atoms with Gasteiger partial charge in [-0.05, 0) is 28.8 Å². The Morgan fingerprint density at radius 2 is 1.50 bits per heavy atom. The third-order valence-corrected chi connectivity index (χ3v) is 2.81. The molecule has 2 N–H and O–H groups in total. The number of hydrogen-bond acceptors (Lipinski definition) is 3. The van der Waals surface area contributed by atoms with Crippen molar-refractivity contribution in [2.75, 3.05) is 0 Å². The molecule has 0 bridgehead atoms. The molecule has 4 amide bonds. The Hall–Kier alpha value is -2.95. The van der Waals surface area contributed by atoms with E-state index in [9.17, 15) is 14.4 Å². The molecular weight excluding hydrogens is 256 g/mol. The molecule has 5 nitrogen and oxygen atoms in total. The van der Waals surface area contributed by atoms with Crippen LogP contribution in [-0.4, -0.2) is 17.8 Å². The van der Waals surface area contributed by atoms with Crippen LogP contribution in [-0.2, 0) is 9.59 Å². The van der Waals surface area contributed by atoms with Gasteiger partial charge in [-0.25, -0.2) is 4.79 Å². The first-order chi connectivity index (χ1) is 9.55. The topological polar surface area (TPSA) is 75.3 Å². The van der Waals surface area contributed by atoms with Gasteiger partial charge < -0.3 is 0 Å². The second-order valence-electron chi connectivity index (χ2n) is 4.09. The lowest BCUT2D eigenvalue weighted by Crippen LogP contribution is -2.51. The molecule has 2 rings (SSSR count). The summed E-state index contributed by atoms with van der Waals surface area (Å²) < 4.78 is 0. The van der Waals surface area contributed by atoms with Gasteiger partial charge in [0.25, 0.3) is 11.8 Å². The molecule has 5 heteroatoms. The summed E-state index contributed by atoms with van der Waals surface area (Å²) in [6.45, 7) is 7.38. The van der Waals surface area contributed by atoms with Gasteiger partial charge in [0.05, 0.1) is 0 Å². The number of hydrogen-bond donors (Lipinski definition) is 2. The highest BCUT2D eigenvalue weighted by molar-refractivity contribution is 6.31. The van der Waals surface area contributed by atoms with E-state index in [1.54, 1.807) is 30.4 Å². The highest BCUT2D eigenvalue weighted by Gasteiger charge is 2.27. The standard InChI is InChI=1S/C15H12N2O3/c1-3-10-6-5-9(7-11(10)4-2)8-12-13(18)16-15(20)17-14(12)19/h3-8H,1-2H2,(H2,16,17,18,19,20). The SMILES string of the molecule is C=Cc1ccc(C=C2C(=O)NC(=O)NC2=O)cc1C=C. The number of nitrogens with one attached hydrogen (secondary N) is 2. The summed E-state index contributed by atoms with van der Waals surface area (Å²) in [7, 11) is 0. The predicted molar refractivity (Wildman–Crippen MR) is 76.3 cm³/mol. The first-order valence-electron chi connectivity index (χ1n) is 5.82. The van der Waals surface area contributed by atoms with Gasteiger partial charge in [0.1, 0.15) is 5.57 Å². The van der Waals surface area contributed by atoms with Gasteiger partial charge in [0.2, 0.25) is 0 Å². The van der Waals surface area contributed by atoms with Gasteiger partial charge in [-0.1, -0.05) is 37.4 Å². The van der Waals surface area contributed by atoms with E-state index < -0.39 is 17.8 Å². The normalized spacial score (nSPS) is 14.4. The molecule has 0 atom stereocenters. The van der Waals surface area contributed by atoms with E-state index in [-0.39, 0.29) is 5.57 Å². The van der Waals surface area contributed by atoms with Crippen LogP contribution in [0.3, 0.4) is 0 Å². The number of carbonyl (C=O) groups excluding carboxylic acids is 3. The molecule has 0 aliphatic carbocycles. The van der Waals surface area contributed by atoms with Gasteiger partial charge in [-0.15, -0.1) is 0 Å². The van der Waals surface area contributed by atoms with E-state index in [1.807, 2.05) is 10.6 Å². The van der Waals surface area contributed by atoms with Crippen LogP contribution in [0.4, 0.5) is 4.79 Å². The second kappa shape index (κ2) is 5.36. The minimum atomic E-state index is -0.814. The van der Waals surface area contributed by atoms with Crippen LogP contribution in [0, 0.1) is 0 Å². The maximum absolute atomic E-state index is 11.6. The third kappa shape index (κ3) is 2.56. The second-order valence-corrected chi connectivity index (χ2v) is 4.09. The fraction of sp³-hybridized carbons (Fsp3) is 0.